The summed E-state index contributed by atoms with van der Waals surface area (Å²) in [5.41, 5.74) is 0.576. The Bertz CT molecular complexity index is 1030. The predicted molar refractivity (Wildman–Crippen MR) is 163 cm³/mol. The van der Waals surface area contributed by atoms with Crippen molar-refractivity contribution in [1.82, 2.24) is 20.4 Å². The Morgan fingerprint density at radius 3 is 2.13 bits per heavy atom. The highest BCUT2D eigenvalue weighted by Gasteiger charge is 2.41. The summed E-state index contributed by atoms with van der Waals surface area (Å²) in [6.07, 6.45) is 3.72. The Hall–Kier alpha value is -2.32. The number of hydrogen-bond acceptors (Lipinski definition) is 5. The van der Waals surface area contributed by atoms with Crippen molar-refractivity contribution in [2.75, 3.05) is 20.6 Å². The zero-order valence-electron chi connectivity index (χ0n) is 25.5. The number of carbonyl (C=O) groups excluding carboxylic acids is 3. The van der Waals surface area contributed by atoms with Crippen LogP contribution in [0.5, 0.6) is 0 Å². The van der Waals surface area contributed by atoms with Crippen LogP contribution in [0.2, 0.25) is 0 Å². The molecule has 2 N–H and O–H groups in total. The van der Waals surface area contributed by atoms with Gasteiger partial charge in [0.05, 0.1) is 17.5 Å². The molecule has 0 radical (unpaired) electrons. The topological polar surface area (TPSA) is 81.8 Å². The van der Waals surface area contributed by atoms with Crippen LogP contribution in [-0.4, -0.2) is 71.7 Å². The first-order chi connectivity index (χ1) is 18.0. The molecule has 0 spiro atoms. The van der Waals surface area contributed by atoms with Gasteiger partial charge in [0.1, 0.15) is 6.04 Å². The summed E-state index contributed by atoms with van der Waals surface area (Å²) in [6.45, 7) is 16.5. The van der Waals surface area contributed by atoms with Crippen molar-refractivity contribution >= 4 is 30.4 Å². The van der Waals surface area contributed by atoms with Crippen LogP contribution in [0, 0.1) is 11.3 Å². The predicted octanol–water partition coefficient (Wildman–Crippen LogP) is 4.39. The van der Waals surface area contributed by atoms with Gasteiger partial charge in [-0.1, -0.05) is 84.9 Å². The molecule has 1 unspecified atom stereocenters. The Morgan fingerprint density at radius 2 is 1.67 bits per heavy atom. The maximum Gasteiger partial charge on any atom is 0.250 e. The highest BCUT2D eigenvalue weighted by Crippen LogP contribution is 2.29. The summed E-state index contributed by atoms with van der Waals surface area (Å²) < 4.78 is 0. The molecule has 1 fully saturated rings. The van der Waals surface area contributed by atoms with E-state index in [1.807, 2.05) is 84.9 Å². The van der Waals surface area contributed by atoms with E-state index in [1.54, 1.807) is 30.8 Å². The normalized spacial score (nSPS) is 19.0. The highest BCUT2D eigenvalue weighted by atomic mass is 32.1. The Morgan fingerprint density at radius 1 is 1.08 bits per heavy atom. The molecule has 1 heterocycles. The van der Waals surface area contributed by atoms with Crippen molar-refractivity contribution in [3.05, 3.63) is 47.5 Å². The minimum Gasteiger partial charge on any atom is -0.342 e. The van der Waals surface area contributed by atoms with E-state index in [0.717, 1.165) is 18.4 Å². The van der Waals surface area contributed by atoms with E-state index in [1.165, 1.54) is 0 Å². The van der Waals surface area contributed by atoms with Crippen molar-refractivity contribution in [2.45, 2.75) is 97.1 Å². The molecule has 0 bridgehead atoms. The Balaban J connectivity index is 2.32. The molecule has 0 aromatic heterocycles. The molecule has 7 nitrogen and oxygen atoms in total. The van der Waals surface area contributed by atoms with Gasteiger partial charge in [0.25, 0.3) is 0 Å². The summed E-state index contributed by atoms with van der Waals surface area (Å²) in [7, 11) is 3.52. The van der Waals surface area contributed by atoms with Gasteiger partial charge in [-0.05, 0) is 43.7 Å². The molecule has 4 atom stereocenters. The zero-order chi connectivity index (χ0) is 29.7. The molecule has 8 heteroatoms. The minimum absolute atomic E-state index is 0.0420. The number of rotatable bonds is 10. The molecule has 3 amide bonds. The summed E-state index contributed by atoms with van der Waals surface area (Å²) in [4.78, 5) is 44.3. The second-order valence-electron chi connectivity index (χ2n) is 12.8. The number of thiol groups is 1. The fourth-order valence-corrected chi connectivity index (χ4v) is 5.77. The third-order valence-corrected chi connectivity index (χ3v) is 8.44. The molecule has 0 aliphatic carbocycles. The summed E-state index contributed by atoms with van der Waals surface area (Å²) in [5.74, 6) is -0.401. The molecular formula is C31H50N4O3S. The van der Waals surface area contributed by atoms with E-state index in [9.17, 15) is 14.4 Å². The number of hydrogen-bond donors (Lipinski definition) is 3. The number of carbonyl (C=O) groups is 3. The molecular weight excluding hydrogens is 508 g/mol. The Kier molecular flexibility index (Phi) is 11.3. The van der Waals surface area contributed by atoms with Gasteiger partial charge in [0.2, 0.25) is 17.7 Å². The number of nitrogens with zero attached hydrogens (tertiary/aromatic N) is 2. The maximum atomic E-state index is 14.0. The monoisotopic (exact) mass is 558 g/mol. The van der Waals surface area contributed by atoms with Gasteiger partial charge >= 0.3 is 0 Å². The van der Waals surface area contributed by atoms with Crippen molar-refractivity contribution in [3.63, 3.8) is 0 Å². The van der Waals surface area contributed by atoms with Gasteiger partial charge in [-0.25, -0.2) is 0 Å². The third-order valence-electron chi connectivity index (χ3n) is 7.91. The number of benzene rings is 1. The number of amides is 3. The van der Waals surface area contributed by atoms with E-state index in [-0.39, 0.29) is 35.1 Å². The van der Waals surface area contributed by atoms with Crippen molar-refractivity contribution in [2.24, 2.45) is 11.3 Å². The smallest absolute Gasteiger partial charge is 0.250 e. The highest BCUT2D eigenvalue weighted by molar-refractivity contribution is 7.80. The van der Waals surface area contributed by atoms with Crippen LogP contribution in [0.4, 0.5) is 0 Å². The molecule has 2 rings (SSSR count). The lowest BCUT2D eigenvalue weighted by Crippen LogP contribution is -2.61. The molecule has 1 aliphatic rings. The van der Waals surface area contributed by atoms with Gasteiger partial charge < -0.3 is 20.4 Å². The molecule has 39 heavy (non-hydrogen) atoms. The number of likely N-dealkylation sites (tertiary alicyclic amines) is 1. The molecule has 0 saturated carbocycles. The standard InChI is InChI=1S/C31H50N4O3S/c1-20(2)23(19-21(3)28(37)35-18-14-17-24(35)39)34(10)29(38)26(30(4,5)6)33-27(36)25(32-9)31(7,8)22-15-12-11-13-16-22/h11-13,15-16,19-20,23-26,32,39H,14,17-18H2,1-10H3,(H,33,36)/b21-19+/t23-,24-,25-,26?/m1/s1. The fourth-order valence-electron chi connectivity index (χ4n) is 5.37. The molecule has 1 aromatic rings. The van der Waals surface area contributed by atoms with E-state index >= 15 is 0 Å². The second kappa shape index (κ2) is 13.4. The van der Waals surface area contributed by atoms with Crippen molar-refractivity contribution in [3.8, 4) is 0 Å². The van der Waals surface area contributed by atoms with Gasteiger partial charge in [-0.3, -0.25) is 14.4 Å². The lowest BCUT2D eigenvalue weighted by Gasteiger charge is -2.40. The Labute approximate surface area is 241 Å². The van der Waals surface area contributed by atoms with Crippen LogP contribution in [-0.2, 0) is 19.8 Å². The van der Waals surface area contributed by atoms with Crippen molar-refractivity contribution in [1.29, 1.82) is 0 Å². The minimum atomic E-state index is -0.761. The van der Waals surface area contributed by atoms with Gasteiger partial charge in [-0.15, -0.1) is 0 Å². The molecule has 218 valence electrons. The van der Waals surface area contributed by atoms with E-state index < -0.39 is 22.9 Å². The quantitative estimate of drug-likeness (QED) is 0.294. The van der Waals surface area contributed by atoms with Gasteiger partial charge in [0, 0.05) is 24.6 Å². The average Bonchev–Trinajstić information content (AvgIpc) is 3.29. The average molecular weight is 559 g/mol. The van der Waals surface area contributed by atoms with Crippen LogP contribution in [0.15, 0.2) is 42.0 Å². The zero-order valence-corrected chi connectivity index (χ0v) is 26.4. The SMILES string of the molecule is CN[C@H](C(=O)NC(C(=O)N(C)[C@H](/C=C(\C)C(=O)N1CCC[C@H]1S)C(C)C)C(C)(C)C)C(C)(C)c1ccccc1. The summed E-state index contributed by atoms with van der Waals surface area (Å²) in [5, 5.41) is 6.20. The first-order valence-electron chi connectivity index (χ1n) is 14.0. The van der Waals surface area contributed by atoms with Crippen LogP contribution in [0.1, 0.15) is 73.8 Å². The van der Waals surface area contributed by atoms with Gasteiger partial charge in [-0.2, -0.15) is 12.6 Å². The van der Waals surface area contributed by atoms with Crippen LogP contribution < -0.4 is 10.6 Å². The first kappa shape index (κ1) is 32.9. The van der Waals surface area contributed by atoms with Crippen LogP contribution in [0.3, 0.4) is 0 Å². The van der Waals surface area contributed by atoms with E-state index in [0.29, 0.717) is 12.1 Å². The summed E-state index contributed by atoms with van der Waals surface area (Å²) >= 11 is 4.55. The van der Waals surface area contributed by atoms with Crippen molar-refractivity contribution < 1.29 is 14.4 Å². The number of likely N-dealkylation sites (N-methyl/N-ethyl adjacent to an activating group) is 2. The lowest BCUT2D eigenvalue weighted by molar-refractivity contribution is -0.141. The molecule has 1 saturated heterocycles. The fraction of sp³-hybridized carbons (Fsp3) is 0.645. The largest absolute Gasteiger partial charge is 0.342 e. The van der Waals surface area contributed by atoms with E-state index in [4.69, 9.17) is 0 Å². The van der Waals surface area contributed by atoms with Gasteiger partial charge in [0.15, 0.2) is 0 Å². The van der Waals surface area contributed by atoms with Crippen LogP contribution >= 0.6 is 12.6 Å². The molecule has 1 aliphatic heterocycles. The molecule has 1 aromatic carbocycles. The second-order valence-corrected chi connectivity index (χ2v) is 13.4. The van der Waals surface area contributed by atoms with Crippen LogP contribution in [0.25, 0.3) is 0 Å². The maximum absolute atomic E-state index is 14.0. The van der Waals surface area contributed by atoms with E-state index in [2.05, 4.69) is 23.3 Å². The third kappa shape index (κ3) is 7.88. The lowest BCUT2D eigenvalue weighted by atomic mass is 9.76. The summed E-state index contributed by atoms with van der Waals surface area (Å²) in [6, 6.07) is 8.27. The first-order valence-corrected chi connectivity index (χ1v) is 14.5. The number of nitrogens with one attached hydrogen (secondary N) is 2.